The van der Waals surface area contributed by atoms with Gasteiger partial charge in [0.1, 0.15) is 0 Å². The van der Waals surface area contributed by atoms with Gasteiger partial charge in [0, 0.05) is 19.0 Å². The molecule has 6 heteroatoms. The molecule has 2 aliphatic rings. The van der Waals surface area contributed by atoms with Crippen LogP contribution in [-0.4, -0.2) is 61.4 Å². The number of hydrogen-bond acceptors (Lipinski definition) is 5. The number of ether oxygens (including phenoxy) is 2. The molecule has 1 fully saturated rings. The average molecular weight is 376 g/mol. The Hall–Kier alpha value is -1.79. The molecule has 2 aliphatic heterocycles. The number of nitrogens with zero attached hydrogens (tertiary/aromatic N) is 2. The van der Waals surface area contributed by atoms with Gasteiger partial charge in [0.25, 0.3) is 0 Å². The quantitative estimate of drug-likeness (QED) is 0.673. The smallest absolute Gasteiger partial charge is 0.231 e. The van der Waals surface area contributed by atoms with Crippen molar-refractivity contribution in [2.45, 2.75) is 52.0 Å². The molecule has 1 N–H and O–H groups in total. The van der Waals surface area contributed by atoms with Gasteiger partial charge < -0.3 is 19.7 Å². The van der Waals surface area contributed by atoms with Gasteiger partial charge in [0.15, 0.2) is 11.5 Å². The van der Waals surface area contributed by atoms with Gasteiger partial charge in [-0.1, -0.05) is 19.4 Å². The summed E-state index contributed by atoms with van der Waals surface area (Å²) < 4.78 is 10.8. The minimum atomic E-state index is 0.148. The lowest BCUT2D eigenvalue weighted by Gasteiger charge is -2.29. The summed E-state index contributed by atoms with van der Waals surface area (Å²) in [5, 5.41) is 3.10. The molecule has 0 radical (unpaired) electrons. The maximum absolute atomic E-state index is 12.2. The number of benzene rings is 1. The highest BCUT2D eigenvalue weighted by atomic mass is 16.7. The molecule has 0 saturated carbocycles. The number of piperidine rings is 1. The zero-order chi connectivity index (χ0) is 19.1. The molecule has 150 valence electrons. The summed E-state index contributed by atoms with van der Waals surface area (Å²) >= 11 is 0. The van der Waals surface area contributed by atoms with Gasteiger partial charge in [-0.2, -0.15) is 0 Å². The lowest BCUT2D eigenvalue weighted by molar-refractivity contribution is -0.122. The second kappa shape index (κ2) is 9.95. The molecule has 3 rings (SSSR count). The predicted octanol–water partition coefficient (Wildman–Crippen LogP) is 2.62. The van der Waals surface area contributed by atoms with E-state index in [1.807, 2.05) is 6.07 Å². The fourth-order valence-corrected chi connectivity index (χ4v) is 3.84. The number of likely N-dealkylation sites (N-methyl/N-ethyl adjacent to an activating group) is 1. The third-order valence-electron chi connectivity index (χ3n) is 5.58. The first kappa shape index (κ1) is 20.0. The Morgan fingerprint density at radius 1 is 1.22 bits per heavy atom. The maximum Gasteiger partial charge on any atom is 0.231 e. The normalized spacial score (nSPS) is 17.9. The van der Waals surface area contributed by atoms with E-state index in [2.05, 4.69) is 41.1 Å². The molecule has 1 atom stereocenters. The van der Waals surface area contributed by atoms with Crippen LogP contribution < -0.4 is 14.8 Å². The van der Waals surface area contributed by atoms with E-state index < -0.39 is 0 Å². The Labute approximate surface area is 162 Å². The molecule has 0 spiro atoms. The maximum atomic E-state index is 12.2. The minimum absolute atomic E-state index is 0.148. The van der Waals surface area contributed by atoms with Crippen LogP contribution in [0.5, 0.6) is 11.5 Å². The number of carbonyl (C=O) groups is 1. The fourth-order valence-electron chi connectivity index (χ4n) is 3.84. The van der Waals surface area contributed by atoms with Crippen LogP contribution in [-0.2, 0) is 11.2 Å². The van der Waals surface area contributed by atoms with Gasteiger partial charge in [-0.25, -0.2) is 0 Å². The van der Waals surface area contributed by atoms with Crippen LogP contribution >= 0.6 is 0 Å². The Bertz CT molecular complexity index is 617. The number of rotatable bonds is 9. The van der Waals surface area contributed by atoms with Crippen LogP contribution in [0.1, 0.15) is 45.1 Å². The molecule has 6 nitrogen and oxygen atoms in total. The second-order valence-corrected chi connectivity index (χ2v) is 7.56. The predicted molar refractivity (Wildman–Crippen MR) is 106 cm³/mol. The monoisotopic (exact) mass is 375 g/mol. The van der Waals surface area contributed by atoms with E-state index in [0.29, 0.717) is 25.9 Å². The summed E-state index contributed by atoms with van der Waals surface area (Å²) in [5.74, 6) is 1.79. The molecule has 0 bridgehead atoms. The lowest BCUT2D eigenvalue weighted by Crippen LogP contribution is -2.44. The van der Waals surface area contributed by atoms with Crippen molar-refractivity contribution in [1.29, 1.82) is 0 Å². The number of hydrogen-bond donors (Lipinski definition) is 1. The second-order valence-electron chi connectivity index (χ2n) is 7.56. The standard InChI is InChI=1S/C21H33N3O3/c1-3-24(15-22-21(25)9-12-23-10-5-4-6-11-23)17(2)13-18-7-8-19-20(14-18)27-16-26-19/h7-8,14,17H,3-6,9-13,15-16H2,1-2H3,(H,22,25). The van der Waals surface area contributed by atoms with Crippen LogP contribution in [0, 0.1) is 0 Å². The number of carbonyl (C=O) groups excluding carboxylic acids is 1. The lowest BCUT2D eigenvalue weighted by atomic mass is 10.1. The van der Waals surface area contributed by atoms with Gasteiger partial charge in [0.2, 0.25) is 12.7 Å². The van der Waals surface area contributed by atoms with E-state index in [9.17, 15) is 4.79 Å². The van der Waals surface area contributed by atoms with Crippen molar-refractivity contribution in [3.8, 4) is 11.5 Å². The van der Waals surface area contributed by atoms with Crippen molar-refractivity contribution >= 4 is 5.91 Å². The Kier molecular flexibility index (Phi) is 7.35. The molecular formula is C21H33N3O3. The van der Waals surface area contributed by atoms with E-state index in [-0.39, 0.29) is 5.91 Å². The van der Waals surface area contributed by atoms with Crippen LogP contribution in [0.25, 0.3) is 0 Å². The van der Waals surface area contributed by atoms with Crippen molar-refractivity contribution < 1.29 is 14.3 Å². The zero-order valence-electron chi connectivity index (χ0n) is 16.7. The Balaban J connectivity index is 1.41. The molecule has 0 aromatic heterocycles. The first-order valence-corrected chi connectivity index (χ1v) is 10.3. The third kappa shape index (κ3) is 5.84. The highest BCUT2D eigenvalue weighted by Gasteiger charge is 2.18. The average Bonchev–Trinajstić information content (AvgIpc) is 3.15. The topological polar surface area (TPSA) is 54.0 Å². The molecule has 1 amide bonds. The SMILES string of the molecule is CCN(CNC(=O)CCN1CCCCC1)C(C)Cc1ccc2c(c1)OCO2. The van der Waals surface area contributed by atoms with Crippen molar-refractivity contribution in [2.24, 2.45) is 0 Å². The molecule has 1 unspecified atom stereocenters. The Morgan fingerprint density at radius 2 is 2.00 bits per heavy atom. The summed E-state index contributed by atoms with van der Waals surface area (Å²) in [7, 11) is 0. The van der Waals surface area contributed by atoms with Crippen molar-refractivity contribution in [1.82, 2.24) is 15.1 Å². The highest BCUT2D eigenvalue weighted by molar-refractivity contribution is 5.75. The van der Waals surface area contributed by atoms with Gasteiger partial charge in [-0.15, -0.1) is 0 Å². The highest BCUT2D eigenvalue weighted by Crippen LogP contribution is 2.32. The summed E-state index contributed by atoms with van der Waals surface area (Å²) in [6.45, 7) is 9.30. The van der Waals surface area contributed by atoms with Crippen LogP contribution in [0.15, 0.2) is 18.2 Å². The van der Waals surface area contributed by atoms with Crippen LogP contribution in [0.4, 0.5) is 0 Å². The van der Waals surface area contributed by atoms with Gasteiger partial charge in [-0.05, 0) is 63.5 Å². The largest absolute Gasteiger partial charge is 0.454 e. The number of nitrogens with one attached hydrogen (secondary N) is 1. The minimum Gasteiger partial charge on any atom is -0.454 e. The molecule has 2 heterocycles. The van der Waals surface area contributed by atoms with Crippen molar-refractivity contribution in [3.05, 3.63) is 23.8 Å². The molecule has 1 aromatic rings. The number of likely N-dealkylation sites (tertiary alicyclic amines) is 1. The van der Waals surface area contributed by atoms with E-state index in [1.165, 1.54) is 24.8 Å². The molecule has 1 saturated heterocycles. The van der Waals surface area contributed by atoms with Crippen LogP contribution in [0.3, 0.4) is 0 Å². The Morgan fingerprint density at radius 3 is 2.78 bits per heavy atom. The zero-order valence-corrected chi connectivity index (χ0v) is 16.7. The third-order valence-corrected chi connectivity index (χ3v) is 5.58. The summed E-state index contributed by atoms with van der Waals surface area (Å²) in [6.07, 6.45) is 5.36. The van der Waals surface area contributed by atoms with Crippen molar-refractivity contribution in [3.63, 3.8) is 0 Å². The summed E-state index contributed by atoms with van der Waals surface area (Å²) in [5.41, 5.74) is 1.22. The van der Waals surface area contributed by atoms with Gasteiger partial charge in [-0.3, -0.25) is 9.69 Å². The molecule has 27 heavy (non-hydrogen) atoms. The van der Waals surface area contributed by atoms with E-state index in [1.54, 1.807) is 0 Å². The van der Waals surface area contributed by atoms with E-state index in [0.717, 1.165) is 44.1 Å². The van der Waals surface area contributed by atoms with Gasteiger partial charge in [0.05, 0.1) is 6.67 Å². The van der Waals surface area contributed by atoms with Crippen LogP contribution in [0.2, 0.25) is 0 Å². The molecule has 0 aliphatic carbocycles. The number of fused-ring (bicyclic) bond motifs is 1. The fraction of sp³-hybridized carbons (Fsp3) is 0.667. The van der Waals surface area contributed by atoms with Crippen molar-refractivity contribution in [2.75, 3.05) is 39.6 Å². The van der Waals surface area contributed by atoms with E-state index in [4.69, 9.17) is 9.47 Å². The molecule has 1 aromatic carbocycles. The summed E-state index contributed by atoms with van der Waals surface area (Å²) in [4.78, 5) is 16.9. The first-order valence-electron chi connectivity index (χ1n) is 10.3. The molecular weight excluding hydrogens is 342 g/mol. The van der Waals surface area contributed by atoms with E-state index >= 15 is 0 Å². The first-order chi connectivity index (χ1) is 13.2. The summed E-state index contributed by atoms with van der Waals surface area (Å²) in [6, 6.07) is 6.46. The number of amides is 1. The van der Waals surface area contributed by atoms with Gasteiger partial charge >= 0.3 is 0 Å².